The molecule has 1 aliphatic heterocycles. The van der Waals surface area contributed by atoms with Crippen LogP contribution in [-0.2, 0) is 12.8 Å². The zero-order valence-corrected chi connectivity index (χ0v) is 20.3. The first-order valence-corrected chi connectivity index (χ1v) is 12.8. The number of rotatable bonds is 7. The van der Waals surface area contributed by atoms with Gasteiger partial charge in [-0.3, -0.25) is 0 Å². The van der Waals surface area contributed by atoms with Crippen LogP contribution in [0.25, 0.3) is 0 Å². The highest BCUT2D eigenvalue weighted by atomic mass is 79.9. The Balaban J connectivity index is 1.24. The van der Waals surface area contributed by atoms with Crippen LogP contribution in [0.15, 0.2) is 77.3 Å². The second-order valence-electron chi connectivity index (χ2n) is 9.26. The molecule has 1 fully saturated rings. The number of hydrogen-bond acceptors (Lipinski definition) is 2. The van der Waals surface area contributed by atoms with Crippen molar-refractivity contribution in [3.05, 3.63) is 99.5 Å². The minimum absolute atomic E-state index is 0.0916. The summed E-state index contributed by atoms with van der Waals surface area (Å²) in [6.07, 6.45) is 7.33. The average molecular weight is 490 g/mol. The molecule has 2 aliphatic rings. The summed E-state index contributed by atoms with van der Waals surface area (Å²) in [6, 6.07) is 26.3. The van der Waals surface area contributed by atoms with Gasteiger partial charge in [0.2, 0.25) is 0 Å². The van der Waals surface area contributed by atoms with Crippen LogP contribution in [0.5, 0.6) is 5.75 Å². The van der Waals surface area contributed by atoms with Gasteiger partial charge in [-0.1, -0.05) is 64.5 Å². The maximum Gasteiger partial charge on any atom is 0.125 e. The molecular formula is C29H32BrNO. The van der Waals surface area contributed by atoms with Crippen LogP contribution < -0.4 is 4.74 Å². The van der Waals surface area contributed by atoms with Crippen LogP contribution in [0.1, 0.15) is 60.0 Å². The van der Waals surface area contributed by atoms with Crippen molar-refractivity contribution in [2.75, 3.05) is 19.6 Å². The van der Waals surface area contributed by atoms with E-state index in [9.17, 15) is 0 Å². The highest BCUT2D eigenvalue weighted by Gasteiger charge is 2.23. The van der Waals surface area contributed by atoms with Crippen molar-refractivity contribution in [2.24, 2.45) is 0 Å². The third-order valence-electron chi connectivity index (χ3n) is 7.15. The van der Waals surface area contributed by atoms with Crippen molar-refractivity contribution in [1.29, 1.82) is 0 Å². The van der Waals surface area contributed by atoms with Crippen molar-refractivity contribution >= 4 is 15.9 Å². The molecule has 1 unspecified atom stereocenters. The molecule has 0 N–H and O–H groups in total. The lowest BCUT2D eigenvalue weighted by Crippen LogP contribution is -2.34. The first kappa shape index (κ1) is 21.7. The number of benzene rings is 3. The molecule has 0 saturated carbocycles. The lowest BCUT2D eigenvalue weighted by Gasteiger charge is -2.33. The van der Waals surface area contributed by atoms with Gasteiger partial charge in [0.15, 0.2) is 0 Å². The summed E-state index contributed by atoms with van der Waals surface area (Å²) in [7, 11) is 0. The lowest BCUT2D eigenvalue weighted by atomic mass is 9.89. The van der Waals surface area contributed by atoms with Gasteiger partial charge in [0.1, 0.15) is 11.9 Å². The van der Waals surface area contributed by atoms with Gasteiger partial charge in [0, 0.05) is 17.4 Å². The first-order valence-electron chi connectivity index (χ1n) is 12.1. The van der Waals surface area contributed by atoms with Gasteiger partial charge in [0.05, 0.1) is 0 Å². The Hall–Kier alpha value is -2.10. The van der Waals surface area contributed by atoms with Crippen LogP contribution in [-0.4, -0.2) is 24.5 Å². The second-order valence-corrected chi connectivity index (χ2v) is 10.2. The highest BCUT2D eigenvalue weighted by molar-refractivity contribution is 9.10. The Kier molecular flexibility index (Phi) is 6.95. The highest BCUT2D eigenvalue weighted by Crippen LogP contribution is 2.32. The fraction of sp³-hybridized carbons (Fsp3) is 0.379. The van der Waals surface area contributed by atoms with E-state index in [-0.39, 0.29) is 6.10 Å². The van der Waals surface area contributed by atoms with E-state index in [0.29, 0.717) is 5.92 Å². The molecule has 0 aromatic heterocycles. The summed E-state index contributed by atoms with van der Waals surface area (Å²) in [5.41, 5.74) is 5.88. The maximum absolute atomic E-state index is 6.55. The Morgan fingerprint density at radius 2 is 1.62 bits per heavy atom. The van der Waals surface area contributed by atoms with Crippen molar-refractivity contribution < 1.29 is 4.74 Å². The Bertz CT molecular complexity index is 1010. The Labute approximate surface area is 200 Å². The van der Waals surface area contributed by atoms with E-state index in [0.717, 1.165) is 23.2 Å². The molecule has 0 radical (unpaired) electrons. The van der Waals surface area contributed by atoms with Gasteiger partial charge in [-0.05, 0) is 97.6 Å². The molecule has 1 saturated heterocycles. The molecule has 1 aliphatic carbocycles. The molecule has 1 atom stereocenters. The fourth-order valence-corrected chi connectivity index (χ4v) is 5.54. The zero-order chi connectivity index (χ0) is 21.8. The minimum Gasteiger partial charge on any atom is -0.486 e. The number of piperidine rings is 1. The van der Waals surface area contributed by atoms with Crippen molar-refractivity contribution in [3.8, 4) is 5.75 Å². The van der Waals surface area contributed by atoms with Crippen molar-refractivity contribution in [1.82, 2.24) is 4.90 Å². The van der Waals surface area contributed by atoms with E-state index in [1.807, 2.05) is 0 Å². The average Bonchev–Trinajstić information content (AvgIpc) is 3.32. The van der Waals surface area contributed by atoms with E-state index in [4.69, 9.17) is 4.74 Å². The molecule has 32 heavy (non-hydrogen) atoms. The monoisotopic (exact) mass is 489 g/mol. The lowest BCUT2D eigenvalue weighted by molar-refractivity contribution is 0.147. The first-order chi connectivity index (χ1) is 15.7. The summed E-state index contributed by atoms with van der Waals surface area (Å²) in [4.78, 5) is 2.63. The van der Waals surface area contributed by atoms with Gasteiger partial charge in [-0.15, -0.1) is 0 Å². The molecule has 0 spiro atoms. The van der Waals surface area contributed by atoms with Crippen LogP contribution >= 0.6 is 15.9 Å². The largest absolute Gasteiger partial charge is 0.486 e. The van der Waals surface area contributed by atoms with Gasteiger partial charge in [0.25, 0.3) is 0 Å². The predicted molar refractivity (Wildman–Crippen MR) is 135 cm³/mol. The summed E-state index contributed by atoms with van der Waals surface area (Å²) < 4.78 is 7.63. The topological polar surface area (TPSA) is 12.5 Å². The number of likely N-dealkylation sites (tertiary alicyclic amines) is 1. The molecule has 2 nitrogen and oxygen atoms in total. The number of aryl methyl sites for hydroxylation is 2. The molecule has 0 bridgehead atoms. The summed E-state index contributed by atoms with van der Waals surface area (Å²) in [6.45, 7) is 3.43. The predicted octanol–water partition coefficient (Wildman–Crippen LogP) is 7.33. The molecular weight excluding hydrogens is 458 g/mol. The maximum atomic E-state index is 6.55. The number of hydrogen-bond donors (Lipinski definition) is 0. The van der Waals surface area contributed by atoms with Gasteiger partial charge >= 0.3 is 0 Å². The molecule has 5 rings (SSSR count). The zero-order valence-electron chi connectivity index (χ0n) is 18.7. The van der Waals surface area contributed by atoms with Crippen LogP contribution in [0.4, 0.5) is 0 Å². The number of fused-ring (bicyclic) bond motifs is 1. The van der Waals surface area contributed by atoms with Crippen LogP contribution in [0.2, 0.25) is 0 Å². The van der Waals surface area contributed by atoms with E-state index >= 15 is 0 Å². The molecule has 166 valence electrons. The minimum atomic E-state index is 0.0916. The normalized spacial score (nSPS) is 17.8. The van der Waals surface area contributed by atoms with E-state index in [2.05, 4.69) is 93.6 Å². The smallest absolute Gasteiger partial charge is 0.125 e. The number of halogens is 1. The quantitative estimate of drug-likeness (QED) is 0.344. The van der Waals surface area contributed by atoms with Crippen LogP contribution in [0.3, 0.4) is 0 Å². The molecule has 3 aromatic rings. The van der Waals surface area contributed by atoms with Gasteiger partial charge < -0.3 is 9.64 Å². The standard InChI is InChI=1S/C29H32BrNO/c30-27-11-13-28(14-12-27)32-29(26-10-9-23-7-4-8-25(23)21-26)17-20-31-18-15-24(16-19-31)22-5-2-1-3-6-22/h1-3,5-6,9-14,21,24,29H,4,7-8,15-20H2. The Morgan fingerprint density at radius 1 is 0.875 bits per heavy atom. The van der Waals surface area contributed by atoms with E-state index in [1.165, 1.54) is 67.4 Å². The molecule has 3 heteroatoms. The number of ether oxygens (including phenoxy) is 1. The Morgan fingerprint density at radius 3 is 2.41 bits per heavy atom. The van der Waals surface area contributed by atoms with Crippen molar-refractivity contribution in [3.63, 3.8) is 0 Å². The second kappa shape index (κ2) is 10.2. The van der Waals surface area contributed by atoms with E-state index in [1.54, 1.807) is 0 Å². The fourth-order valence-electron chi connectivity index (χ4n) is 5.28. The molecule has 1 heterocycles. The summed E-state index contributed by atoms with van der Waals surface area (Å²) >= 11 is 3.53. The third-order valence-corrected chi connectivity index (χ3v) is 7.68. The number of nitrogens with zero attached hydrogens (tertiary/aromatic N) is 1. The van der Waals surface area contributed by atoms with Gasteiger partial charge in [-0.25, -0.2) is 0 Å². The van der Waals surface area contributed by atoms with E-state index < -0.39 is 0 Å². The SMILES string of the molecule is Brc1ccc(OC(CCN2CCC(c3ccccc3)CC2)c2ccc3c(c2)CCC3)cc1. The van der Waals surface area contributed by atoms with Gasteiger partial charge in [-0.2, -0.15) is 0 Å². The molecule has 3 aromatic carbocycles. The van der Waals surface area contributed by atoms with Crippen molar-refractivity contribution in [2.45, 2.75) is 50.5 Å². The van der Waals surface area contributed by atoms with Crippen LogP contribution in [0, 0.1) is 0 Å². The molecule has 0 amide bonds. The third kappa shape index (κ3) is 5.27. The summed E-state index contributed by atoms with van der Waals surface area (Å²) in [5.74, 6) is 1.65. The summed E-state index contributed by atoms with van der Waals surface area (Å²) in [5, 5.41) is 0.